The topological polar surface area (TPSA) is 84.0 Å². The Labute approximate surface area is 281 Å². The fraction of sp³-hybridized carbons (Fsp3) is 0.237. The molecule has 3 aromatic carbocycles. The van der Waals surface area contributed by atoms with Gasteiger partial charge in [-0.15, -0.1) is 0 Å². The number of nitrogens with zero attached hydrogens (tertiary/aromatic N) is 3. The number of rotatable bonds is 10. The minimum absolute atomic E-state index is 0.134. The Morgan fingerprint density at radius 3 is 2.31 bits per heavy atom. The average molecular weight is 666 g/mol. The molecule has 1 atom stereocenters. The van der Waals surface area contributed by atoms with E-state index in [0.717, 1.165) is 28.2 Å². The number of hydrogen-bond donors (Lipinski definition) is 0. The fourth-order valence-electron chi connectivity index (χ4n) is 5.96. The van der Waals surface area contributed by atoms with E-state index in [0.29, 0.717) is 44.3 Å². The molecule has 0 N–H and O–H groups in total. The first-order chi connectivity index (χ1) is 23.2. The lowest BCUT2D eigenvalue weighted by Gasteiger charge is -2.24. The molecule has 0 saturated carbocycles. The van der Waals surface area contributed by atoms with E-state index < -0.39 is 12.0 Å². The summed E-state index contributed by atoms with van der Waals surface area (Å²) in [4.78, 5) is 32.6. The number of benzene rings is 3. The van der Waals surface area contributed by atoms with Crippen LogP contribution in [0.5, 0.6) is 11.5 Å². The van der Waals surface area contributed by atoms with Gasteiger partial charge in [0.15, 0.2) is 4.80 Å². The maximum Gasteiger partial charge on any atom is 0.338 e. The van der Waals surface area contributed by atoms with Crippen molar-refractivity contribution >= 4 is 23.4 Å². The number of thiazole rings is 1. The predicted molar refractivity (Wildman–Crippen MR) is 184 cm³/mol. The first kappa shape index (κ1) is 32.7. The van der Waals surface area contributed by atoms with Crippen LogP contribution in [0, 0.1) is 19.7 Å². The normalized spacial score (nSPS) is 14.5. The monoisotopic (exact) mass is 665 g/mol. The molecule has 1 aliphatic heterocycles. The van der Waals surface area contributed by atoms with Crippen molar-refractivity contribution < 1.29 is 23.4 Å². The quantitative estimate of drug-likeness (QED) is 0.163. The summed E-state index contributed by atoms with van der Waals surface area (Å²) in [6.07, 6.45) is 1.88. The number of carbonyl (C=O) groups is 1. The summed E-state index contributed by atoms with van der Waals surface area (Å²) in [6.45, 7) is 10.3. The van der Waals surface area contributed by atoms with E-state index >= 15 is 0 Å². The number of allylic oxidation sites excluding steroid dienone is 1. The second-order valence-corrected chi connectivity index (χ2v) is 12.3. The second-order valence-electron chi connectivity index (χ2n) is 11.3. The highest BCUT2D eigenvalue weighted by molar-refractivity contribution is 7.07. The lowest BCUT2D eigenvalue weighted by molar-refractivity contribution is -0.139. The SMILES string of the molecule is CCOC(=O)C1=C(C)N=c2s/c(=C\c3cc(C)n(-c4ccc(OCc5ccccc5F)cc4)c3C)c(=O)n2[C@@H]1c1ccc(OCC)cc1. The first-order valence-electron chi connectivity index (χ1n) is 15.8. The van der Waals surface area contributed by atoms with Crippen LogP contribution >= 0.6 is 11.3 Å². The molecule has 0 aliphatic carbocycles. The van der Waals surface area contributed by atoms with Crippen molar-refractivity contribution in [3.8, 4) is 17.2 Å². The molecule has 0 unspecified atom stereocenters. The van der Waals surface area contributed by atoms with E-state index in [1.807, 2.05) is 81.4 Å². The molecule has 10 heteroatoms. The minimum atomic E-state index is -0.704. The third-order valence-corrected chi connectivity index (χ3v) is 9.21. The van der Waals surface area contributed by atoms with Crippen LogP contribution in [-0.4, -0.2) is 28.3 Å². The van der Waals surface area contributed by atoms with Gasteiger partial charge in [0.05, 0.1) is 35.1 Å². The van der Waals surface area contributed by atoms with Gasteiger partial charge in [0.2, 0.25) is 0 Å². The highest BCUT2D eigenvalue weighted by Gasteiger charge is 2.33. The molecule has 6 rings (SSSR count). The summed E-state index contributed by atoms with van der Waals surface area (Å²) < 4.78 is 35.1. The van der Waals surface area contributed by atoms with Gasteiger partial charge in [0.25, 0.3) is 5.56 Å². The predicted octanol–water partition coefficient (Wildman–Crippen LogP) is 6.32. The number of esters is 1. The van der Waals surface area contributed by atoms with Gasteiger partial charge in [-0.25, -0.2) is 14.2 Å². The zero-order valence-corrected chi connectivity index (χ0v) is 28.3. The van der Waals surface area contributed by atoms with Crippen LogP contribution in [0.1, 0.15) is 54.9 Å². The number of aryl methyl sites for hydroxylation is 1. The van der Waals surface area contributed by atoms with Crippen molar-refractivity contribution in [2.24, 2.45) is 4.99 Å². The highest BCUT2D eigenvalue weighted by atomic mass is 32.1. The Bertz CT molecular complexity index is 2190. The van der Waals surface area contributed by atoms with Gasteiger partial charge in [-0.05, 0) is 100 Å². The van der Waals surface area contributed by atoms with E-state index in [1.165, 1.54) is 17.4 Å². The number of hydrogen-bond acceptors (Lipinski definition) is 7. The number of halogens is 1. The van der Waals surface area contributed by atoms with Crippen molar-refractivity contribution in [1.82, 2.24) is 9.13 Å². The van der Waals surface area contributed by atoms with Crippen LogP contribution in [0.25, 0.3) is 11.8 Å². The highest BCUT2D eigenvalue weighted by Crippen LogP contribution is 2.32. The maximum absolute atomic E-state index is 14.1. The van der Waals surface area contributed by atoms with Gasteiger partial charge in [-0.2, -0.15) is 0 Å². The van der Waals surface area contributed by atoms with Gasteiger partial charge < -0.3 is 18.8 Å². The van der Waals surface area contributed by atoms with Gasteiger partial charge in [-0.3, -0.25) is 9.36 Å². The van der Waals surface area contributed by atoms with Crippen molar-refractivity contribution in [3.63, 3.8) is 0 Å². The smallest absolute Gasteiger partial charge is 0.338 e. The molecular weight excluding hydrogens is 629 g/mol. The Morgan fingerprint density at radius 1 is 0.938 bits per heavy atom. The summed E-state index contributed by atoms with van der Waals surface area (Å²) in [5, 5.41) is 0. The molecule has 0 spiro atoms. The first-order valence-corrected chi connectivity index (χ1v) is 16.6. The largest absolute Gasteiger partial charge is 0.494 e. The van der Waals surface area contributed by atoms with E-state index in [1.54, 1.807) is 36.6 Å². The van der Waals surface area contributed by atoms with E-state index in [9.17, 15) is 14.0 Å². The van der Waals surface area contributed by atoms with Crippen LogP contribution in [0.3, 0.4) is 0 Å². The Kier molecular flexibility index (Phi) is 9.45. The van der Waals surface area contributed by atoms with E-state index in [2.05, 4.69) is 4.57 Å². The number of ether oxygens (including phenoxy) is 3. The molecule has 0 fully saturated rings. The van der Waals surface area contributed by atoms with E-state index in [-0.39, 0.29) is 24.6 Å². The molecule has 0 bridgehead atoms. The number of aromatic nitrogens is 2. The zero-order chi connectivity index (χ0) is 33.9. The molecule has 0 amide bonds. The van der Waals surface area contributed by atoms with Gasteiger partial charge in [0, 0.05) is 22.6 Å². The standard InChI is InChI=1S/C38H36FN3O5S/c1-6-45-30-16-12-26(13-17-30)35-34(37(44)46-7-2)24(4)40-38-42(35)36(43)33(48-38)21-28-20-23(3)41(25(28)5)29-14-18-31(19-15-29)47-22-27-10-8-9-11-32(27)39/h8-21,35H,6-7,22H2,1-5H3/b33-21-/t35-/m1/s1. The summed E-state index contributed by atoms with van der Waals surface area (Å²) >= 11 is 1.29. The molecule has 1 aliphatic rings. The van der Waals surface area contributed by atoms with Crippen LogP contribution < -0.4 is 24.4 Å². The Hall–Kier alpha value is -5.22. The average Bonchev–Trinajstić information content (AvgIpc) is 3.53. The minimum Gasteiger partial charge on any atom is -0.494 e. The van der Waals surface area contributed by atoms with Crippen LogP contribution in [0.4, 0.5) is 4.39 Å². The third kappa shape index (κ3) is 6.35. The van der Waals surface area contributed by atoms with Gasteiger partial charge >= 0.3 is 5.97 Å². The van der Waals surface area contributed by atoms with Crippen molar-refractivity contribution in [2.75, 3.05) is 13.2 Å². The molecule has 0 saturated heterocycles. The maximum atomic E-state index is 14.1. The summed E-state index contributed by atoms with van der Waals surface area (Å²) in [7, 11) is 0. The van der Waals surface area contributed by atoms with Crippen molar-refractivity contribution in [1.29, 1.82) is 0 Å². The zero-order valence-electron chi connectivity index (χ0n) is 27.5. The molecule has 8 nitrogen and oxygen atoms in total. The summed E-state index contributed by atoms with van der Waals surface area (Å²) in [5.74, 6) is 0.533. The van der Waals surface area contributed by atoms with Crippen molar-refractivity contribution in [3.05, 3.63) is 144 Å². The van der Waals surface area contributed by atoms with Crippen molar-refractivity contribution in [2.45, 2.75) is 47.3 Å². The Morgan fingerprint density at radius 2 is 1.62 bits per heavy atom. The van der Waals surface area contributed by atoms with Gasteiger partial charge in [-0.1, -0.05) is 41.7 Å². The van der Waals surface area contributed by atoms with Crippen LogP contribution in [-0.2, 0) is 16.1 Å². The van der Waals surface area contributed by atoms with E-state index in [4.69, 9.17) is 19.2 Å². The third-order valence-electron chi connectivity index (χ3n) is 8.23. The fourth-order valence-corrected chi connectivity index (χ4v) is 7.00. The van der Waals surface area contributed by atoms with Crippen LogP contribution in [0.15, 0.2) is 99.9 Å². The molecular formula is C38H36FN3O5S. The molecule has 246 valence electrons. The molecule has 0 radical (unpaired) electrons. The number of fused-ring (bicyclic) bond motifs is 1. The molecule has 3 heterocycles. The van der Waals surface area contributed by atoms with Crippen LogP contribution in [0.2, 0.25) is 0 Å². The summed E-state index contributed by atoms with van der Waals surface area (Å²) in [5.41, 5.74) is 5.59. The Balaban J connectivity index is 1.35. The lowest BCUT2D eigenvalue weighted by atomic mass is 9.96. The molecule has 48 heavy (non-hydrogen) atoms. The molecule has 2 aromatic heterocycles. The second kappa shape index (κ2) is 13.9. The number of carbonyl (C=O) groups excluding carboxylic acids is 1. The molecule has 5 aromatic rings. The van der Waals surface area contributed by atoms with Gasteiger partial charge in [0.1, 0.15) is 23.9 Å². The lowest BCUT2D eigenvalue weighted by Crippen LogP contribution is -2.39. The summed E-state index contributed by atoms with van der Waals surface area (Å²) in [6, 6.07) is 22.9.